The van der Waals surface area contributed by atoms with Gasteiger partial charge in [0.15, 0.2) is 5.16 Å². The lowest BCUT2D eigenvalue weighted by Gasteiger charge is -2.13. The van der Waals surface area contributed by atoms with Crippen molar-refractivity contribution in [1.82, 2.24) is 20.1 Å². The van der Waals surface area contributed by atoms with E-state index in [1.165, 1.54) is 11.8 Å². The van der Waals surface area contributed by atoms with Gasteiger partial charge >= 0.3 is 0 Å². The number of aryl methyl sites for hydroxylation is 1. The van der Waals surface area contributed by atoms with Crippen LogP contribution >= 0.6 is 11.8 Å². The van der Waals surface area contributed by atoms with E-state index in [0.717, 1.165) is 16.8 Å². The van der Waals surface area contributed by atoms with Gasteiger partial charge in [0, 0.05) is 6.54 Å². The Bertz CT molecular complexity index is 847. The average molecular weight is 352 g/mol. The highest BCUT2D eigenvalue weighted by molar-refractivity contribution is 8.00. The highest BCUT2D eigenvalue weighted by Crippen LogP contribution is 2.25. The molecule has 0 aliphatic carbocycles. The second kappa shape index (κ2) is 7.98. The highest BCUT2D eigenvalue weighted by atomic mass is 32.2. The molecule has 0 bridgehead atoms. The standard InChI is InChI=1S/C19H20N4OS/c1-14-8-6-7-11-17(14)23-13-21-22-19(23)25-15(2)18(24)20-12-16-9-4-3-5-10-16/h3-11,13,15H,12H2,1-2H3,(H,20,24). The Hall–Kier alpha value is -2.60. The normalized spacial score (nSPS) is 11.9. The summed E-state index contributed by atoms with van der Waals surface area (Å²) in [7, 11) is 0. The van der Waals surface area contributed by atoms with Gasteiger partial charge in [-0.25, -0.2) is 0 Å². The van der Waals surface area contributed by atoms with Crippen LogP contribution in [0, 0.1) is 6.92 Å². The lowest BCUT2D eigenvalue weighted by Crippen LogP contribution is -2.30. The lowest BCUT2D eigenvalue weighted by atomic mass is 10.2. The van der Waals surface area contributed by atoms with Crippen LogP contribution in [0.4, 0.5) is 0 Å². The molecule has 0 saturated carbocycles. The van der Waals surface area contributed by atoms with Gasteiger partial charge in [-0.1, -0.05) is 60.3 Å². The van der Waals surface area contributed by atoms with E-state index in [1.54, 1.807) is 6.33 Å². The topological polar surface area (TPSA) is 59.8 Å². The van der Waals surface area contributed by atoms with E-state index in [2.05, 4.69) is 15.5 Å². The zero-order chi connectivity index (χ0) is 17.6. The molecule has 25 heavy (non-hydrogen) atoms. The molecular formula is C19H20N4OS. The fourth-order valence-electron chi connectivity index (χ4n) is 2.44. The average Bonchev–Trinajstić information content (AvgIpc) is 3.08. The first-order chi connectivity index (χ1) is 12.1. The van der Waals surface area contributed by atoms with Gasteiger partial charge in [0.25, 0.3) is 0 Å². The summed E-state index contributed by atoms with van der Waals surface area (Å²) >= 11 is 1.40. The van der Waals surface area contributed by atoms with Crippen molar-refractivity contribution in [3.05, 3.63) is 72.1 Å². The smallest absolute Gasteiger partial charge is 0.233 e. The van der Waals surface area contributed by atoms with E-state index in [4.69, 9.17) is 0 Å². The maximum atomic E-state index is 12.4. The number of nitrogens with one attached hydrogen (secondary N) is 1. The number of para-hydroxylation sites is 1. The molecule has 0 spiro atoms. The number of amides is 1. The number of nitrogens with zero attached hydrogens (tertiary/aromatic N) is 3. The Morgan fingerprint density at radius 2 is 1.88 bits per heavy atom. The van der Waals surface area contributed by atoms with Crippen molar-refractivity contribution in [1.29, 1.82) is 0 Å². The van der Waals surface area contributed by atoms with Crippen LogP contribution in [0.1, 0.15) is 18.1 Å². The number of carbonyl (C=O) groups excluding carboxylic acids is 1. The number of hydrogen-bond donors (Lipinski definition) is 1. The summed E-state index contributed by atoms with van der Waals surface area (Å²) in [4.78, 5) is 12.4. The van der Waals surface area contributed by atoms with Crippen LogP contribution in [0.5, 0.6) is 0 Å². The maximum absolute atomic E-state index is 12.4. The predicted molar refractivity (Wildman–Crippen MR) is 99.7 cm³/mol. The zero-order valence-corrected chi connectivity index (χ0v) is 15.0. The summed E-state index contributed by atoms with van der Waals surface area (Å²) in [6.45, 7) is 4.44. The first-order valence-corrected chi connectivity index (χ1v) is 8.97. The number of carbonyl (C=O) groups is 1. The molecule has 1 heterocycles. The van der Waals surface area contributed by atoms with Crippen LogP contribution in [0.3, 0.4) is 0 Å². The Balaban J connectivity index is 1.65. The van der Waals surface area contributed by atoms with Gasteiger partial charge in [0.1, 0.15) is 6.33 Å². The Morgan fingerprint density at radius 3 is 2.64 bits per heavy atom. The van der Waals surface area contributed by atoms with Gasteiger partial charge in [0.2, 0.25) is 5.91 Å². The van der Waals surface area contributed by atoms with Gasteiger partial charge in [-0.15, -0.1) is 10.2 Å². The Morgan fingerprint density at radius 1 is 1.16 bits per heavy atom. The first-order valence-electron chi connectivity index (χ1n) is 8.09. The molecule has 2 aromatic carbocycles. The third kappa shape index (κ3) is 4.28. The van der Waals surface area contributed by atoms with E-state index >= 15 is 0 Å². The molecular weight excluding hydrogens is 332 g/mol. The van der Waals surface area contributed by atoms with Crippen molar-refractivity contribution in [2.45, 2.75) is 30.8 Å². The van der Waals surface area contributed by atoms with E-state index in [0.29, 0.717) is 11.7 Å². The number of thioether (sulfide) groups is 1. The molecule has 1 atom stereocenters. The summed E-state index contributed by atoms with van der Waals surface area (Å²) in [6, 6.07) is 17.9. The predicted octanol–water partition coefficient (Wildman–Crippen LogP) is 3.37. The van der Waals surface area contributed by atoms with E-state index in [9.17, 15) is 4.79 Å². The van der Waals surface area contributed by atoms with Gasteiger partial charge in [0.05, 0.1) is 10.9 Å². The number of benzene rings is 2. The molecule has 1 aromatic heterocycles. The van der Waals surface area contributed by atoms with Gasteiger partial charge in [-0.2, -0.15) is 0 Å². The lowest BCUT2D eigenvalue weighted by molar-refractivity contribution is -0.120. The SMILES string of the molecule is Cc1ccccc1-n1cnnc1SC(C)C(=O)NCc1ccccc1. The van der Waals surface area contributed by atoms with Crippen molar-refractivity contribution in [2.24, 2.45) is 0 Å². The Kier molecular flexibility index (Phi) is 5.50. The fraction of sp³-hybridized carbons (Fsp3) is 0.211. The molecule has 1 N–H and O–H groups in total. The minimum atomic E-state index is -0.268. The van der Waals surface area contributed by atoms with Crippen LogP contribution < -0.4 is 5.32 Å². The van der Waals surface area contributed by atoms with E-state index in [1.807, 2.05) is 73.0 Å². The number of rotatable bonds is 6. The first kappa shape index (κ1) is 17.2. The molecule has 6 heteroatoms. The third-order valence-electron chi connectivity index (χ3n) is 3.85. The van der Waals surface area contributed by atoms with Crippen molar-refractivity contribution < 1.29 is 4.79 Å². The van der Waals surface area contributed by atoms with Gasteiger partial charge in [-0.3, -0.25) is 9.36 Å². The molecule has 3 aromatic rings. The van der Waals surface area contributed by atoms with E-state index < -0.39 is 0 Å². The van der Waals surface area contributed by atoms with Crippen molar-refractivity contribution in [3.8, 4) is 5.69 Å². The Labute approximate surface area is 151 Å². The van der Waals surface area contributed by atoms with Gasteiger partial charge in [-0.05, 0) is 31.0 Å². The summed E-state index contributed by atoms with van der Waals surface area (Å²) in [6.07, 6.45) is 1.68. The molecule has 1 unspecified atom stereocenters. The van der Waals surface area contributed by atoms with Crippen LogP contribution in [0.15, 0.2) is 66.1 Å². The molecule has 5 nitrogen and oxygen atoms in total. The van der Waals surface area contributed by atoms with Crippen LogP contribution in [0.2, 0.25) is 0 Å². The molecule has 0 radical (unpaired) electrons. The van der Waals surface area contributed by atoms with Crippen molar-refractivity contribution >= 4 is 17.7 Å². The molecule has 1 amide bonds. The third-order valence-corrected chi connectivity index (χ3v) is 4.91. The molecule has 0 aliphatic rings. The summed E-state index contributed by atoms with van der Waals surface area (Å²) in [5, 5.41) is 11.6. The van der Waals surface area contributed by atoms with Crippen molar-refractivity contribution in [2.75, 3.05) is 0 Å². The quantitative estimate of drug-likeness (QED) is 0.691. The van der Waals surface area contributed by atoms with Crippen molar-refractivity contribution in [3.63, 3.8) is 0 Å². The minimum Gasteiger partial charge on any atom is -0.351 e. The molecule has 0 fully saturated rings. The van der Waals surface area contributed by atoms with Crippen LogP contribution in [-0.4, -0.2) is 25.9 Å². The molecule has 3 rings (SSSR count). The van der Waals surface area contributed by atoms with E-state index in [-0.39, 0.29) is 11.2 Å². The summed E-state index contributed by atoms with van der Waals surface area (Å²) in [5.41, 5.74) is 3.23. The summed E-state index contributed by atoms with van der Waals surface area (Å²) < 4.78 is 1.92. The summed E-state index contributed by atoms with van der Waals surface area (Å²) in [5.74, 6) is -0.0202. The second-order valence-corrected chi connectivity index (χ2v) is 7.04. The minimum absolute atomic E-state index is 0.0202. The van der Waals surface area contributed by atoms with Gasteiger partial charge < -0.3 is 5.32 Å². The number of hydrogen-bond acceptors (Lipinski definition) is 4. The largest absolute Gasteiger partial charge is 0.351 e. The molecule has 0 saturated heterocycles. The maximum Gasteiger partial charge on any atom is 0.233 e. The molecule has 0 aliphatic heterocycles. The van der Waals surface area contributed by atoms with Crippen LogP contribution in [-0.2, 0) is 11.3 Å². The number of aromatic nitrogens is 3. The molecule has 128 valence electrons. The monoisotopic (exact) mass is 352 g/mol. The highest BCUT2D eigenvalue weighted by Gasteiger charge is 2.18. The fourth-order valence-corrected chi connectivity index (χ4v) is 3.30. The van der Waals surface area contributed by atoms with Crippen LogP contribution in [0.25, 0.3) is 5.69 Å². The second-order valence-electron chi connectivity index (χ2n) is 5.73. The zero-order valence-electron chi connectivity index (χ0n) is 14.2.